The Labute approximate surface area is 144 Å². The summed E-state index contributed by atoms with van der Waals surface area (Å²) in [6, 6.07) is 13.3. The average molecular weight is 358 g/mol. The molecule has 1 heterocycles. The van der Waals surface area contributed by atoms with Crippen molar-refractivity contribution in [1.82, 2.24) is 4.98 Å². The van der Waals surface area contributed by atoms with Gasteiger partial charge in [0.1, 0.15) is 11.1 Å². The predicted octanol–water partition coefficient (Wildman–Crippen LogP) is 4.74. The standard InChI is InChI=1S/C18H9F3N2OS/c19-18(20,21)13-7-5-11(6-8-13)9-12(10-22)17-23-16(24)14-3-1-2-4-15(14)25-17/h1-9H. The van der Waals surface area contributed by atoms with Gasteiger partial charge in [0.05, 0.1) is 16.5 Å². The van der Waals surface area contributed by atoms with Crippen LogP contribution in [-0.4, -0.2) is 4.98 Å². The molecule has 0 aliphatic heterocycles. The number of aromatic nitrogens is 1. The van der Waals surface area contributed by atoms with Crippen LogP contribution in [0.4, 0.5) is 13.2 Å². The topological polar surface area (TPSA) is 53.8 Å². The SMILES string of the molecule is N#CC(=Cc1ccc(C(F)(F)F)cc1)c1nc(=O)c2ccccc2s1. The van der Waals surface area contributed by atoms with Gasteiger partial charge in [-0.1, -0.05) is 24.3 Å². The molecule has 3 nitrogen and oxygen atoms in total. The maximum Gasteiger partial charge on any atom is 0.416 e. The van der Waals surface area contributed by atoms with Crippen LogP contribution in [-0.2, 0) is 6.18 Å². The third-order valence-electron chi connectivity index (χ3n) is 3.43. The number of fused-ring (bicyclic) bond motifs is 1. The van der Waals surface area contributed by atoms with Crippen molar-refractivity contribution in [3.63, 3.8) is 0 Å². The number of allylic oxidation sites excluding steroid dienone is 1. The second-order valence-electron chi connectivity index (χ2n) is 5.11. The van der Waals surface area contributed by atoms with E-state index in [0.29, 0.717) is 15.6 Å². The molecule has 0 bridgehead atoms. The van der Waals surface area contributed by atoms with Crippen molar-refractivity contribution in [2.45, 2.75) is 6.18 Å². The van der Waals surface area contributed by atoms with E-state index in [2.05, 4.69) is 4.98 Å². The zero-order valence-electron chi connectivity index (χ0n) is 12.5. The van der Waals surface area contributed by atoms with Crippen LogP contribution < -0.4 is 5.56 Å². The van der Waals surface area contributed by atoms with E-state index in [-0.39, 0.29) is 10.6 Å². The fourth-order valence-corrected chi connectivity index (χ4v) is 3.17. The smallest absolute Gasteiger partial charge is 0.267 e. The molecule has 0 unspecified atom stereocenters. The van der Waals surface area contributed by atoms with Crippen LogP contribution in [0.5, 0.6) is 0 Å². The third kappa shape index (κ3) is 3.59. The van der Waals surface area contributed by atoms with Gasteiger partial charge in [-0.05, 0) is 35.9 Å². The van der Waals surface area contributed by atoms with Crippen LogP contribution in [0.1, 0.15) is 16.1 Å². The largest absolute Gasteiger partial charge is 0.416 e. The van der Waals surface area contributed by atoms with Gasteiger partial charge in [0, 0.05) is 4.70 Å². The minimum absolute atomic E-state index is 0.118. The van der Waals surface area contributed by atoms with Gasteiger partial charge in [-0.25, -0.2) is 0 Å². The van der Waals surface area contributed by atoms with Crippen LogP contribution in [0.3, 0.4) is 0 Å². The van der Waals surface area contributed by atoms with Crippen molar-refractivity contribution >= 4 is 33.1 Å². The van der Waals surface area contributed by atoms with Gasteiger partial charge < -0.3 is 0 Å². The van der Waals surface area contributed by atoms with Gasteiger partial charge in [-0.3, -0.25) is 4.79 Å². The molecule has 0 radical (unpaired) electrons. The summed E-state index contributed by atoms with van der Waals surface area (Å²) in [5, 5.41) is 10.0. The van der Waals surface area contributed by atoms with Gasteiger partial charge in [0.2, 0.25) is 0 Å². The maximum atomic E-state index is 12.6. The molecule has 0 aliphatic rings. The zero-order valence-corrected chi connectivity index (χ0v) is 13.4. The number of hydrogen-bond acceptors (Lipinski definition) is 4. The molecule has 2 aromatic carbocycles. The Bertz CT molecular complexity index is 1060. The molecule has 0 N–H and O–H groups in total. The van der Waals surface area contributed by atoms with Crippen LogP contribution in [0.25, 0.3) is 21.7 Å². The second-order valence-corrected chi connectivity index (χ2v) is 6.14. The Morgan fingerprint density at radius 2 is 1.80 bits per heavy atom. The summed E-state index contributed by atoms with van der Waals surface area (Å²) in [5.41, 5.74) is -0.679. The normalized spacial score (nSPS) is 12.2. The molecule has 25 heavy (non-hydrogen) atoms. The molecular formula is C18H9F3N2OS. The lowest BCUT2D eigenvalue weighted by Crippen LogP contribution is -2.07. The number of rotatable bonds is 2. The van der Waals surface area contributed by atoms with Crippen LogP contribution in [0.2, 0.25) is 0 Å². The summed E-state index contributed by atoms with van der Waals surface area (Å²) in [7, 11) is 0. The lowest BCUT2D eigenvalue weighted by atomic mass is 10.1. The summed E-state index contributed by atoms with van der Waals surface area (Å²) in [6.07, 6.45) is -3.01. The maximum absolute atomic E-state index is 12.6. The molecule has 0 spiro atoms. The van der Waals surface area contributed by atoms with E-state index in [9.17, 15) is 23.2 Å². The van der Waals surface area contributed by atoms with Gasteiger partial charge >= 0.3 is 6.18 Å². The van der Waals surface area contributed by atoms with E-state index in [1.54, 1.807) is 24.3 Å². The number of nitrogens with zero attached hydrogens (tertiary/aromatic N) is 2. The molecule has 0 fully saturated rings. The molecule has 7 heteroatoms. The van der Waals surface area contributed by atoms with Crippen LogP contribution in [0, 0.1) is 11.3 Å². The predicted molar refractivity (Wildman–Crippen MR) is 90.8 cm³/mol. The molecule has 0 saturated carbocycles. The number of benzene rings is 2. The first-order valence-electron chi connectivity index (χ1n) is 7.08. The van der Waals surface area contributed by atoms with Gasteiger partial charge in [-0.15, -0.1) is 11.3 Å². The molecule has 0 amide bonds. The number of hydrogen-bond donors (Lipinski definition) is 0. The molecule has 0 aliphatic carbocycles. The summed E-state index contributed by atoms with van der Waals surface area (Å²) in [5.74, 6) is 0. The highest BCUT2D eigenvalue weighted by atomic mass is 32.1. The Kier molecular flexibility index (Phi) is 4.38. The highest BCUT2D eigenvalue weighted by Gasteiger charge is 2.29. The summed E-state index contributed by atoms with van der Waals surface area (Å²) in [4.78, 5) is 16.0. The Balaban J connectivity index is 2.04. The summed E-state index contributed by atoms with van der Waals surface area (Å²) >= 11 is 1.18. The monoisotopic (exact) mass is 358 g/mol. The minimum atomic E-state index is -4.42. The van der Waals surface area contributed by atoms with Crippen molar-refractivity contribution in [3.05, 3.63) is 75.0 Å². The van der Waals surface area contributed by atoms with E-state index in [4.69, 9.17) is 0 Å². The van der Waals surface area contributed by atoms with Crippen LogP contribution in [0.15, 0.2) is 53.3 Å². The number of nitriles is 1. The van der Waals surface area contributed by atoms with Crippen molar-refractivity contribution < 1.29 is 13.2 Å². The average Bonchev–Trinajstić information content (AvgIpc) is 2.59. The van der Waals surface area contributed by atoms with E-state index in [0.717, 1.165) is 12.1 Å². The van der Waals surface area contributed by atoms with Crippen molar-refractivity contribution in [1.29, 1.82) is 5.26 Å². The molecule has 3 aromatic rings. The van der Waals surface area contributed by atoms with Crippen molar-refractivity contribution in [2.75, 3.05) is 0 Å². The van der Waals surface area contributed by atoms with E-state index >= 15 is 0 Å². The molecule has 0 atom stereocenters. The fraction of sp³-hybridized carbons (Fsp3) is 0.0556. The molecule has 3 rings (SSSR count). The van der Waals surface area contributed by atoms with Crippen molar-refractivity contribution in [3.8, 4) is 6.07 Å². The molecular weight excluding hydrogens is 349 g/mol. The van der Waals surface area contributed by atoms with Crippen LogP contribution >= 0.6 is 11.3 Å². The van der Waals surface area contributed by atoms with Gasteiger partial charge in [0.15, 0.2) is 0 Å². The molecule has 1 aromatic heterocycles. The van der Waals surface area contributed by atoms with Gasteiger partial charge in [-0.2, -0.15) is 23.4 Å². The molecule has 124 valence electrons. The Hall–Kier alpha value is -2.98. The van der Waals surface area contributed by atoms with Gasteiger partial charge in [0.25, 0.3) is 5.56 Å². The van der Waals surface area contributed by atoms with E-state index in [1.165, 1.54) is 29.5 Å². The van der Waals surface area contributed by atoms with E-state index < -0.39 is 17.3 Å². The van der Waals surface area contributed by atoms with E-state index in [1.807, 2.05) is 6.07 Å². The first-order valence-corrected chi connectivity index (χ1v) is 7.89. The summed E-state index contributed by atoms with van der Waals surface area (Å²) in [6.45, 7) is 0. The lowest BCUT2D eigenvalue weighted by molar-refractivity contribution is -0.137. The summed E-state index contributed by atoms with van der Waals surface area (Å²) < 4.78 is 38.5. The Morgan fingerprint density at radius 1 is 1.12 bits per heavy atom. The minimum Gasteiger partial charge on any atom is -0.267 e. The fourth-order valence-electron chi connectivity index (χ4n) is 2.20. The first-order chi connectivity index (χ1) is 11.9. The third-order valence-corrected chi connectivity index (χ3v) is 4.51. The number of alkyl halides is 3. The Morgan fingerprint density at radius 3 is 2.44 bits per heavy atom. The second kappa shape index (κ2) is 6.49. The highest BCUT2D eigenvalue weighted by molar-refractivity contribution is 7.19. The molecule has 0 saturated heterocycles. The lowest BCUT2D eigenvalue weighted by Gasteiger charge is -2.06. The zero-order chi connectivity index (χ0) is 18.0. The highest BCUT2D eigenvalue weighted by Crippen LogP contribution is 2.30. The van der Waals surface area contributed by atoms with Crippen molar-refractivity contribution in [2.24, 2.45) is 0 Å². The first kappa shape index (κ1) is 16.9. The quantitative estimate of drug-likeness (QED) is 0.622. The number of halogens is 3.